The minimum Gasteiger partial charge on any atom is -0.372 e. The molecule has 1 aromatic carbocycles. The molecule has 1 saturated heterocycles. The molecule has 8 heteroatoms. The van der Waals surface area contributed by atoms with Gasteiger partial charge in [0.25, 0.3) is 11.8 Å². The lowest BCUT2D eigenvalue weighted by molar-refractivity contribution is 0.0861. The first-order chi connectivity index (χ1) is 14.4. The molecule has 0 spiro atoms. The van der Waals surface area contributed by atoms with Gasteiger partial charge < -0.3 is 15.5 Å². The number of anilines is 1. The summed E-state index contributed by atoms with van der Waals surface area (Å²) < 4.78 is 1.53. The molecule has 30 heavy (non-hydrogen) atoms. The maximum absolute atomic E-state index is 12.6. The Bertz CT molecular complexity index is 912. The molecule has 8 nitrogen and oxygen atoms in total. The van der Waals surface area contributed by atoms with Gasteiger partial charge in [-0.05, 0) is 42.4 Å². The van der Waals surface area contributed by atoms with Crippen LogP contribution >= 0.6 is 0 Å². The number of nitrogens with zero attached hydrogens (tertiary/aromatic N) is 4. The number of aromatic nitrogens is 3. The van der Waals surface area contributed by atoms with E-state index in [2.05, 4.69) is 44.9 Å². The topological polar surface area (TPSA) is 92.2 Å². The summed E-state index contributed by atoms with van der Waals surface area (Å²) in [5.41, 5.74) is 2.54. The van der Waals surface area contributed by atoms with Crippen molar-refractivity contribution in [2.45, 2.75) is 52.7 Å². The van der Waals surface area contributed by atoms with Crippen molar-refractivity contribution >= 4 is 17.5 Å². The third-order valence-electron chi connectivity index (χ3n) is 6.19. The largest absolute Gasteiger partial charge is 0.372 e. The van der Waals surface area contributed by atoms with E-state index in [0.29, 0.717) is 13.1 Å². The molecule has 0 aliphatic carbocycles. The van der Waals surface area contributed by atoms with Crippen LogP contribution in [0.15, 0.2) is 24.3 Å². The number of hydrogen-bond donors (Lipinski definition) is 2. The molecule has 1 fully saturated rings. The lowest BCUT2D eigenvalue weighted by atomic mass is 9.99. The Morgan fingerprint density at radius 2 is 1.93 bits per heavy atom. The van der Waals surface area contributed by atoms with Crippen molar-refractivity contribution in [1.82, 2.24) is 25.6 Å². The van der Waals surface area contributed by atoms with E-state index >= 15 is 0 Å². The Morgan fingerprint density at radius 3 is 2.60 bits per heavy atom. The summed E-state index contributed by atoms with van der Waals surface area (Å²) in [6.07, 6.45) is 2.46. The quantitative estimate of drug-likeness (QED) is 0.789. The molecule has 2 N–H and O–H groups in total. The van der Waals surface area contributed by atoms with E-state index in [1.54, 1.807) is 0 Å². The molecular formula is C22H30N6O2. The van der Waals surface area contributed by atoms with Crippen LogP contribution in [0.5, 0.6) is 0 Å². The van der Waals surface area contributed by atoms with Gasteiger partial charge in [-0.15, -0.1) is 5.10 Å². The van der Waals surface area contributed by atoms with Crippen molar-refractivity contribution in [2.75, 3.05) is 18.0 Å². The number of hydrogen-bond acceptors (Lipinski definition) is 5. The molecular weight excluding hydrogens is 380 g/mol. The van der Waals surface area contributed by atoms with Crippen LogP contribution in [0.4, 0.5) is 5.69 Å². The predicted octanol–water partition coefficient (Wildman–Crippen LogP) is 2.21. The van der Waals surface area contributed by atoms with Gasteiger partial charge in [0, 0.05) is 25.3 Å². The number of amides is 2. The fourth-order valence-electron chi connectivity index (χ4n) is 4.02. The molecule has 2 aliphatic rings. The van der Waals surface area contributed by atoms with Gasteiger partial charge in [-0.25, -0.2) is 4.68 Å². The van der Waals surface area contributed by atoms with Gasteiger partial charge in [-0.3, -0.25) is 9.59 Å². The van der Waals surface area contributed by atoms with Crippen LogP contribution in [0.2, 0.25) is 0 Å². The summed E-state index contributed by atoms with van der Waals surface area (Å²) in [6.45, 7) is 9.47. The van der Waals surface area contributed by atoms with Crippen LogP contribution in [0.25, 0.3) is 0 Å². The van der Waals surface area contributed by atoms with Crippen LogP contribution in [-0.2, 0) is 13.1 Å². The zero-order valence-corrected chi connectivity index (χ0v) is 17.9. The summed E-state index contributed by atoms with van der Waals surface area (Å²) in [4.78, 5) is 27.5. The molecule has 1 atom stereocenters. The highest BCUT2D eigenvalue weighted by Crippen LogP contribution is 2.23. The van der Waals surface area contributed by atoms with E-state index in [-0.39, 0.29) is 35.2 Å². The van der Waals surface area contributed by atoms with E-state index in [0.717, 1.165) is 24.6 Å². The summed E-state index contributed by atoms with van der Waals surface area (Å²) in [5, 5.41) is 13.8. The van der Waals surface area contributed by atoms with Crippen LogP contribution in [0.3, 0.4) is 0 Å². The molecule has 2 aliphatic heterocycles. The zero-order chi connectivity index (χ0) is 21.3. The monoisotopic (exact) mass is 410 g/mol. The van der Waals surface area contributed by atoms with Crippen molar-refractivity contribution < 1.29 is 9.59 Å². The molecule has 1 aromatic heterocycles. The second kappa shape index (κ2) is 8.45. The second-order valence-electron chi connectivity index (χ2n) is 8.81. The van der Waals surface area contributed by atoms with Crippen molar-refractivity contribution in [1.29, 1.82) is 0 Å². The van der Waals surface area contributed by atoms with E-state index < -0.39 is 0 Å². The maximum atomic E-state index is 12.6. The number of carbonyl (C=O) groups excluding carboxylic acids is 2. The van der Waals surface area contributed by atoms with E-state index in [9.17, 15) is 9.59 Å². The van der Waals surface area contributed by atoms with Crippen molar-refractivity contribution in [3.8, 4) is 0 Å². The molecule has 2 aromatic rings. The maximum Gasteiger partial charge on any atom is 0.274 e. The van der Waals surface area contributed by atoms with Gasteiger partial charge in [0.15, 0.2) is 11.4 Å². The van der Waals surface area contributed by atoms with Crippen LogP contribution in [0, 0.1) is 11.8 Å². The first-order valence-electron chi connectivity index (χ1n) is 10.8. The normalized spacial score (nSPS) is 19.5. The summed E-state index contributed by atoms with van der Waals surface area (Å²) in [5.74, 6) is 0.399. The van der Waals surface area contributed by atoms with Crippen LogP contribution in [-0.4, -0.2) is 45.9 Å². The Balaban J connectivity index is 1.37. The average molecular weight is 411 g/mol. The Hall–Kier alpha value is -2.90. The third kappa shape index (κ3) is 4.17. The number of benzene rings is 1. The molecule has 0 unspecified atom stereocenters. The first-order valence-corrected chi connectivity index (χ1v) is 10.8. The SMILES string of the molecule is CC1CCN(c2ccc(CNC(=O)c3nnn4c3C(=O)N[C@@H](C(C)C)C4)cc2)CC1. The van der Waals surface area contributed by atoms with Crippen molar-refractivity contribution in [3.63, 3.8) is 0 Å². The molecule has 160 valence electrons. The standard InChI is InChI=1S/C22H30N6O2/c1-14(2)18-13-28-20(22(30)24-18)19(25-26-28)21(29)23-12-16-4-6-17(7-5-16)27-10-8-15(3)9-11-27/h4-7,14-15,18H,8-13H2,1-3H3,(H,23,29)(H,24,30)/t18-/m1/s1. The Morgan fingerprint density at radius 1 is 1.23 bits per heavy atom. The lowest BCUT2D eigenvalue weighted by Crippen LogP contribution is -2.48. The minimum absolute atomic E-state index is 0.00996. The van der Waals surface area contributed by atoms with Crippen LogP contribution < -0.4 is 15.5 Å². The Labute approximate surface area is 177 Å². The molecule has 4 rings (SSSR count). The zero-order valence-electron chi connectivity index (χ0n) is 17.9. The van der Waals surface area contributed by atoms with Gasteiger partial charge in [-0.2, -0.15) is 0 Å². The van der Waals surface area contributed by atoms with Gasteiger partial charge >= 0.3 is 0 Å². The number of nitrogens with one attached hydrogen (secondary N) is 2. The molecule has 0 radical (unpaired) electrons. The second-order valence-corrected chi connectivity index (χ2v) is 8.81. The molecule has 2 amide bonds. The average Bonchev–Trinajstić information content (AvgIpc) is 3.18. The van der Waals surface area contributed by atoms with Crippen molar-refractivity contribution in [3.05, 3.63) is 41.2 Å². The fourth-order valence-corrected chi connectivity index (χ4v) is 4.02. The fraction of sp³-hybridized carbons (Fsp3) is 0.545. The number of fused-ring (bicyclic) bond motifs is 1. The van der Waals surface area contributed by atoms with E-state index in [4.69, 9.17) is 0 Å². The van der Waals surface area contributed by atoms with Gasteiger partial charge in [0.1, 0.15) is 0 Å². The lowest BCUT2D eigenvalue weighted by Gasteiger charge is -2.32. The summed E-state index contributed by atoms with van der Waals surface area (Å²) in [7, 11) is 0. The van der Waals surface area contributed by atoms with Gasteiger partial charge in [0.2, 0.25) is 0 Å². The van der Waals surface area contributed by atoms with Crippen LogP contribution in [0.1, 0.15) is 60.2 Å². The highest BCUT2D eigenvalue weighted by atomic mass is 16.2. The smallest absolute Gasteiger partial charge is 0.274 e. The summed E-state index contributed by atoms with van der Waals surface area (Å²) in [6, 6.07) is 8.28. The number of piperidine rings is 1. The first kappa shape index (κ1) is 20.4. The van der Waals surface area contributed by atoms with E-state index in [1.807, 2.05) is 26.0 Å². The molecule has 3 heterocycles. The summed E-state index contributed by atoms with van der Waals surface area (Å²) >= 11 is 0. The van der Waals surface area contributed by atoms with Crippen molar-refractivity contribution in [2.24, 2.45) is 11.8 Å². The Kier molecular flexibility index (Phi) is 5.74. The van der Waals surface area contributed by atoms with E-state index in [1.165, 1.54) is 23.2 Å². The molecule has 0 bridgehead atoms. The predicted molar refractivity (Wildman–Crippen MR) is 114 cm³/mol. The third-order valence-corrected chi connectivity index (χ3v) is 6.19. The number of carbonyl (C=O) groups is 2. The molecule has 0 saturated carbocycles. The minimum atomic E-state index is -0.386. The van der Waals surface area contributed by atoms with Gasteiger partial charge in [-0.1, -0.05) is 38.1 Å². The highest BCUT2D eigenvalue weighted by Gasteiger charge is 2.32. The van der Waals surface area contributed by atoms with Gasteiger partial charge in [0.05, 0.1) is 12.6 Å². The number of rotatable bonds is 5. The highest BCUT2D eigenvalue weighted by molar-refractivity contribution is 6.05.